The van der Waals surface area contributed by atoms with Gasteiger partial charge in [0.15, 0.2) is 0 Å². The molecule has 1 atom stereocenters. The molecule has 0 aromatic heterocycles. The monoisotopic (exact) mass is 265 g/mol. The lowest BCUT2D eigenvalue weighted by Gasteiger charge is -2.26. The summed E-state index contributed by atoms with van der Waals surface area (Å²) in [4.78, 5) is 0. The molecular weight excluding hydrogens is 242 g/mol. The molecule has 19 heavy (non-hydrogen) atoms. The van der Waals surface area contributed by atoms with Crippen molar-refractivity contribution in [3.63, 3.8) is 0 Å². The summed E-state index contributed by atoms with van der Waals surface area (Å²) < 4.78 is 16.2. The van der Waals surface area contributed by atoms with Crippen molar-refractivity contribution in [2.75, 3.05) is 34.4 Å². The molecule has 106 valence electrons. The summed E-state index contributed by atoms with van der Waals surface area (Å²) in [5, 5.41) is 3.45. The summed E-state index contributed by atoms with van der Waals surface area (Å²) in [5.74, 6) is 2.24. The third-order valence-electron chi connectivity index (χ3n) is 3.67. The molecule has 0 radical (unpaired) electrons. The van der Waals surface area contributed by atoms with Crippen LogP contribution in [0.25, 0.3) is 0 Å². The van der Waals surface area contributed by atoms with E-state index in [1.165, 1.54) is 18.4 Å². The lowest BCUT2D eigenvalue weighted by Crippen LogP contribution is -2.28. The molecule has 1 unspecified atom stereocenters. The van der Waals surface area contributed by atoms with E-state index in [9.17, 15) is 0 Å². The molecule has 2 rings (SSSR count). The van der Waals surface area contributed by atoms with Crippen molar-refractivity contribution in [1.29, 1.82) is 0 Å². The molecule has 1 saturated heterocycles. The predicted octanol–water partition coefficient (Wildman–Crippen LogP) is 2.32. The lowest BCUT2D eigenvalue weighted by atomic mass is 9.89. The molecule has 1 N–H and O–H groups in total. The molecule has 4 heteroatoms. The third-order valence-corrected chi connectivity index (χ3v) is 3.67. The van der Waals surface area contributed by atoms with Crippen LogP contribution < -0.4 is 14.8 Å². The van der Waals surface area contributed by atoms with Crippen molar-refractivity contribution < 1.29 is 14.2 Å². The summed E-state index contributed by atoms with van der Waals surface area (Å²) in [6.07, 6.45) is 2.40. The van der Waals surface area contributed by atoms with Gasteiger partial charge in [-0.1, -0.05) is 0 Å². The highest BCUT2D eigenvalue weighted by Gasteiger charge is 2.21. The van der Waals surface area contributed by atoms with Crippen LogP contribution in [0.3, 0.4) is 0 Å². The molecule has 1 heterocycles. The molecular formula is C15H23NO3. The number of benzene rings is 1. The van der Waals surface area contributed by atoms with Crippen molar-refractivity contribution in [3.05, 3.63) is 23.3 Å². The fourth-order valence-corrected chi connectivity index (χ4v) is 2.70. The van der Waals surface area contributed by atoms with Crippen LogP contribution in [0.4, 0.5) is 0 Å². The standard InChI is InChI=1S/C15H23NO3/c1-17-10-12-7-13(11-5-4-6-16-9-11)15(19-3)8-14(12)18-2/h7-8,11,16H,4-6,9-10H2,1-3H3. The highest BCUT2D eigenvalue weighted by Crippen LogP contribution is 2.36. The normalized spacial score (nSPS) is 19.2. The average Bonchev–Trinajstić information content (AvgIpc) is 2.48. The fourth-order valence-electron chi connectivity index (χ4n) is 2.70. The number of hydrogen-bond acceptors (Lipinski definition) is 4. The van der Waals surface area contributed by atoms with E-state index in [1.807, 2.05) is 6.07 Å². The van der Waals surface area contributed by atoms with Crippen LogP contribution in [0.2, 0.25) is 0 Å². The SMILES string of the molecule is COCc1cc(C2CCCNC2)c(OC)cc1OC. The quantitative estimate of drug-likeness (QED) is 0.887. The largest absolute Gasteiger partial charge is 0.496 e. The predicted molar refractivity (Wildman–Crippen MR) is 75.1 cm³/mol. The summed E-state index contributed by atoms with van der Waals surface area (Å²) in [7, 11) is 5.09. The van der Waals surface area contributed by atoms with Gasteiger partial charge in [-0.05, 0) is 31.0 Å². The van der Waals surface area contributed by atoms with Crippen LogP contribution in [0, 0.1) is 0 Å². The van der Waals surface area contributed by atoms with Gasteiger partial charge in [0.25, 0.3) is 0 Å². The van der Waals surface area contributed by atoms with Crippen molar-refractivity contribution in [3.8, 4) is 11.5 Å². The van der Waals surface area contributed by atoms with Gasteiger partial charge >= 0.3 is 0 Å². The maximum Gasteiger partial charge on any atom is 0.128 e. The first kappa shape index (κ1) is 14.2. The van der Waals surface area contributed by atoms with E-state index in [1.54, 1.807) is 21.3 Å². The van der Waals surface area contributed by atoms with Crippen LogP contribution in [0.15, 0.2) is 12.1 Å². The Morgan fingerprint density at radius 3 is 2.53 bits per heavy atom. The Hall–Kier alpha value is -1.26. The molecule has 1 aliphatic rings. The van der Waals surface area contributed by atoms with E-state index in [0.717, 1.165) is 30.2 Å². The number of ether oxygens (including phenoxy) is 3. The minimum Gasteiger partial charge on any atom is -0.496 e. The minimum atomic E-state index is 0.505. The number of hydrogen-bond donors (Lipinski definition) is 1. The fraction of sp³-hybridized carbons (Fsp3) is 0.600. The third kappa shape index (κ3) is 3.19. The summed E-state index contributed by atoms with van der Waals surface area (Å²) in [6, 6.07) is 4.14. The minimum absolute atomic E-state index is 0.505. The molecule has 4 nitrogen and oxygen atoms in total. The molecule has 1 aromatic rings. The van der Waals surface area contributed by atoms with E-state index in [0.29, 0.717) is 12.5 Å². The molecule has 1 aliphatic heterocycles. The average molecular weight is 265 g/mol. The Kier molecular flexibility index (Phi) is 5.05. The van der Waals surface area contributed by atoms with Crippen LogP contribution in [0.1, 0.15) is 29.9 Å². The first-order chi connectivity index (χ1) is 9.30. The summed E-state index contributed by atoms with van der Waals surface area (Å²) in [6.45, 7) is 2.68. The molecule has 0 spiro atoms. The van der Waals surface area contributed by atoms with Gasteiger partial charge < -0.3 is 19.5 Å². The van der Waals surface area contributed by atoms with E-state index < -0.39 is 0 Å². The molecule has 1 fully saturated rings. The number of nitrogens with one attached hydrogen (secondary N) is 1. The Morgan fingerprint density at radius 2 is 1.95 bits per heavy atom. The second-order valence-electron chi connectivity index (χ2n) is 4.88. The van der Waals surface area contributed by atoms with Gasteiger partial charge in [-0.2, -0.15) is 0 Å². The van der Waals surface area contributed by atoms with Crippen molar-refractivity contribution in [2.24, 2.45) is 0 Å². The van der Waals surface area contributed by atoms with Crippen molar-refractivity contribution in [1.82, 2.24) is 5.32 Å². The second kappa shape index (κ2) is 6.78. The van der Waals surface area contributed by atoms with Crippen LogP contribution in [-0.2, 0) is 11.3 Å². The Bertz CT molecular complexity index is 414. The molecule has 0 saturated carbocycles. The van der Waals surface area contributed by atoms with E-state index in [2.05, 4.69) is 11.4 Å². The van der Waals surface area contributed by atoms with E-state index in [-0.39, 0.29) is 0 Å². The number of methoxy groups -OCH3 is 3. The summed E-state index contributed by atoms with van der Waals surface area (Å²) in [5.41, 5.74) is 2.33. The highest BCUT2D eigenvalue weighted by atomic mass is 16.5. The smallest absolute Gasteiger partial charge is 0.128 e. The highest BCUT2D eigenvalue weighted by molar-refractivity contribution is 5.48. The van der Waals surface area contributed by atoms with Crippen molar-refractivity contribution in [2.45, 2.75) is 25.4 Å². The number of rotatable bonds is 5. The summed E-state index contributed by atoms with van der Waals surface area (Å²) >= 11 is 0. The molecule has 0 aliphatic carbocycles. The molecule has 1 aromatic carbocycles. The second-order valence-corrected chi connectivity index (χ2v) is 4.88. The van der Waals surface area contributed by atoms with Gasteiger partial charge in [0, 0.05) is 31.2 Å². The Morgan fingerprint density at radius 1 is 1.16 bits per heavy atom. The van der Waals surface area contributed by atoms with Gasteiger partial charge in [0.1, 0.15) is 11.5 Å². The van der Waals surface area contributed by atoms with Gasteiger partial charge in [0.2, 0.25) is 0 Å². The zero-order valence-electron chi connectivity index (χ0n) is 12.0. The first-order valence-corrected chi connectivity index (χ1v) is 6.74. The van der Waals surface area contributed by atoms with E-state index >= 15 is 0 Å². The van der Waals surface area contributed by atoms with E-state index in [4.69, 9.17) is 14.2 Å². The number of piperidine rings is 1. The van der Waals surface area contributed by atoms with Gasteiger partial charge in [0.05, 0.1) is 20.8 Å². The maximum absolute atomic E-state index is 5.53. The zero-order valence-corrected chi connectivity index (χ0v) is 12.0. The Labute approximate surface area is 115 Å². The molecule has 0 amide bonds. The zero-order chi connectivity index (χ0) is 13.7. The van der Waals surface area contributed by atoms with Gasteiger partial charge in [-0.25, -0.2) is 0 Å². The topological polar surface area (TPSA) is 39.7 Å². The van der Waals surface area contributed by atoms with Crippen LogP contribution in [0.5, 0.6) is 11.5 Å². The lowest BCUT2D eigenvalue weighted by molar-refractivity contribution is 0.181. The Balaban J connectivity index is 2.36. The van der Waals surface area contributed by atoms with Gasteiger partial charge in [-0.15, -0.1) is 0 Å². The van der Waals surface area contributed by atoms with Crippen LogP contribution in [-0.4, -0.2) is 34.4 Å². The molecule has 0 bridgehead atoms. The van der Waals surface area contributed by atoms with Crippen molar-refractivity contribution >= 4 is 0 Å². The van der Waals surface area contributed by atoms with Gasteiger partial charge in [-0.3, -0.25) is 0 Å². The maximum atomic E-state index is 5.53. The van der Waals surface area contributed by atoms with Crippen LogP contribution >= 0.6 is 0 Å². The first-order valence-electron chi connectivity index (χ1n) is 6.74.